The molecule has 0 aromatic heterocycles. The smallest absolute Gasteiger partial charge is 0.164 e. The van der Waals surface area contributed by atoms with Gasteiger partial charge in [0.15, 0.2) is 11.5 Å². The molecule has 118 valence electrons. The molecule has 5 nitrogen and oxygen atoms in total. The first-order valence-electron chi connectivity index (χ1n) is 7.11. The zero-order valence-corrected chi connectivity index (χ0v) is 13.3. The Labute approximate surface area is 126 Å². The van der Waals surface area contributed by atoms with Gasteiger partial charge in [0.2, 0.25) is 0 Å². The second-order valence-corrected chi connectivity index (χ2v) is 5.76. The minimum atomic E-state index is -0.982. The Morgan fingerprint density at radius 3 is 2.48 bits per heavy atom. The number of ether oxygens (including phenoxy) is 2. The first-order chi connectivity index (χ1) is 9.89. The predicted octanol–water partition coefficient (Wildman–Crippen LogP) is 0.853. The number of carbonyl (C=O) groups excluding carboxylic acids is 1. The number of carboxylic acids is 1. The minimum Gasteiger partial charge on any atom is -0.550 e. The van der Waals surface area contributed by atoms with Crippen LogP contribution in [0.2, 0.25) is 0 Å². The Bertz CT molecular complexity index is 471. The number of para-hydroxylation sites is 1. The van der Waals surface area contributed by atoms with Crippen molar-refractivity contribution in [1.82, 2.24) is 0 Å². The fourth-order valence-corrected chi connectivity index (χ4v) is 2.34. The average molecular weight is 295 g/mol. The van der Waals surface area contributed by atoms with Gasteiger partial charge in [0.05, 0.1) is 41.4 Å². The van der Waals surface area contributed by atoms with Crippen LogP contribution in [0.3, 0.4) is 0 Å². The van der Waals surface area contributed by atoms with Gasteiger partial charge in [0, 0.05) is 24.4 Å². The highest BCUT2D eigenvalue weighted by Gasteiger charge is 2.17. The molecule has 5 heteroatoms. The van der Waals surface area contributed by atoms with Gasteiger partial charge in [0.1, 0.15) is 0 Å². The number of hydrogen-bond acceptors (Lipinski definition) is 4. The molecule has 0 saturated heterocycles. The van der Waals surface area contributed by atoms with Crippen LogP contribution < -0.4 is 14.6 Å². The monoisotopic (exact) mass is 295 g/mol. The van der Waals surface area contributed by atoms with E-state index in [1.807, 2.05) is 18.2 Å². The van der Waals surface area contributed by atoms with Gasteiger partial charge in [-0.25, -0.2) is 0 Å². The summed E-state index contributed by atoms with van der Waals surface area (Å²) < 4.78 is 11.5. The van der Waals surface area contributed by atoms with E-state index in [0.717, 1.165) is 41.1 Å². The van der Waals surface area contributed by atoms with Crippen LogP contribution in [0.25, 0.3) is 0 Å². The third-order valence-electron chi connectivity index (χ3n) is 3.62. The summed E-state index contributed by atoms with van der Waals surface area (Å²) in [6, 6.07) is 5.86. The summed E-state index contributed by atoms with van der Waals surface area (Å²) in [6.07, 6.45) is 1.59. The molecular formula is C16H25NO4. The van der Waals surface area contributed by atoms with E-state index >= 15 is 0 Å². The van der Waals surface area contributed by atoms with E-state index < -0.39 is 5.97 Å². The van der Waals surface area contributed by atoms with Gasteiger partial charge in [0.25, 0.3) is 0 Å². The summed E-state index contributed by atoms with van der Waals surface area (Å²) in [6.45, 7) is 1.71. The molecule has 0 atom stereocenters. The number of rotatable bonds is 9. The van der Waals surface area contributed by atoms with Crippen molar-refractivity contribution in [3.05, 3.63) is 23.8 Å². The molecule has 1 rings (SSSR count). The fourth-order valence-electron chi connectivity index (χ4n) is 2.34. The fraction of sp³-hybridized carbons (Fsp3) is 0.562. The van der Waals surface area contributed by atoms with Gasteiger partial charge in [-0.2, -0.15) is 0 Å². The molecule has 0 fully saturated rings. The van der Waals surface area contributed by atoms with E-state index in [0.29, 0.717) is 6.42 Å². The van der Waals surface area contributed by atoms with E-state index in [-0.39, 0.29) is 6.42 Å². The topological polar surface area (TPSA) is 58.6 Å². The van der Waals surface area contributed by atoms with E-state index in [1.165, 1.54) is 0 Å². The number of benzene rings is 1. The summed E-state index contributed by atoms with van der Waals surface area (Å²) in [7, 11) is 7.46. The summed E-state index contributed by atoms with van der Waals surface area (Å²) in [5.41, 5.74) is 1.10. The van der Waals surface area contributed by atoms with Crippen molar-refractivity contribution in [3.8, 4) is 11.5 Å². The van der Waals surface area contributed by atoms with Crippen molar-refractivity contribution < 1.29 is 23.9 Å². The van der Waals surface area contributed by atoms with Crippen LogP contribution in [0, 0.1) is 0 Å². The lowest BCUT2D eigenvalue weighted by atomic mass is 10.1. The summed E-state index contributed by atoms with van der Waals surface area (Å²) in [5, 5.41) is 10.5. The number of aliphatic carboxylic acids is 1. The second-order valence-electron chi connectivity index (χ2n) is 5.76. The summed E-state index contributed by atoms with van der Waals surface area (Å²) >= 11 is 0. The van der Waals surface area contributed by atoms with Crippen LogP contribution in [0.1, 0.15) is 18.4 Å². The van der Waals surface area contributed by atoms with Crippen molar-refractivity contribution >= 4 is 5.97 Å². The largest absolute Gasteiger partial charge is 0.550 e. The maximum Gasteiger partial charge on any atom is 0.164 e. The van der Waals surface area contributed by atoms with E-state index in [9.17, 15) is 9.90 Å². The molecule has 0 radical (unpaired) electrons. The third kappa shape index (κ3) is 5.63. The van der Waals surface area contributed by atoms with Crippen LogP contribution >= 0.6 is 0 Å². The van der Waals surface area contributed by atoms with Gasteiger partial charge in [-0.05, 0) is 12.5 Å². The van der Waals surface area contributed by atoms with Crippen LogP contribution in [0.4, 0.5) is 0 Å². The lowest BCUT2D eigenvalue weighted by molar-refractivity contribution is -0.890. The van der Waals surface area contributed by atoms with Crippen molar-refractivity contribution in [2.24, 2.45) is 0 Å². The maximum absolute atomic E-state index is 10.5. The molecule has 0 saturated carbocycles. The average Bonchev–Trinajstić information content (AvgIpc) is 2.43. The molecule has 1 aromatic rings. The number of methoxy groups -OCH3 is 2. The van der Waals surface area contributed by atoms with Gasteiger partial charge >= 0.3 is 0 Å². The molecular weight excluding hydrogens is 270 g/mol. The first-order valence-corrected chi connectivity index (χ1v) is 7.11. The zero-order valence-electron chi connectivity index (χ0n) is 13.3. The molecule has 0 amide bonds. The van der Waals surface area contributed by atoms with E-state index in [1.54, 1.807) is 14.2 Å². The molecule has 0 aliphatic heterocycles. The molecule has 0 N–H and O–H groups in total. The number of likely N-dealkylation sites (N-methyl/N-ethyl adjacent to an activating group) is 1. The SMILES string of the molecule is COc1cccc(CC[N+](C)(C)CCCC(=O)[O-])c1OC. The van der Waals surface area contributed by atoms with E-state index in [2.05, 4.69) is 14.1 Å². The number of hydrogen-bond donors (Lipinski definition) is 0. The van der Waals surface area contributed by atoms with Crippen LogP contribution in [0.15, 0.2) is 18.2 Å². The predicted molar refractivity (Wildman–Crippen MR) is 79.3 cm³/mol. The minimum absolute atomic E-state index is 0.115. The molecule has 0 aliphatic rings. The van der Waals surface area contributed by atoms with Crippen molar-refractivity contribution in [2.45, 2.75) is 19.3 Å². The lowest BCUT2D eigenvalue weighted by Crippen LogP contribution is -2.42. The molecule has 21 heavy (non-hydrogen) atoms. The maximum atomic E-state index is 10.5. The Balaban J connectivity index is 2.63. The third-order valence-corrected chi connectivity index (χ3v) is 3.62. The zero-order chi connectivity index (χ0) is 15.9. The summed E-state index contributed by atoms with van der Waals surface area (Å²) in [4.78, 5) is 10.5. The number of nitrogens with zero attached hydrogens (tertiary/aromatic N) is 1. The highest BCUT2D eigenvalue weighted by Crippen LogP contribution is 2.31. The quantitative estimate of drug-likeness (QED) is 0.634. The van der Waals surface area contributed by atoms with Gasteiger partial charge < -0.3 is 23.9 Å². The molecule has 0 heterocycles. The van der Waals surface area contributed by atoms with Gasteiger partial charge in [-0.3, -0.25) is 0 Å². The normalized spacial score (nSPS) is 11.2. The molecule has 0 bridgehead atoms. The molecule has 0 spiro atoms. The van der Waals surface area contributed by atoms with Crippen molar-refractivity contribution in [2.75, 3.05) is 41.4 Å². The standard InChI is InChI=1S/C16H25NO4/c1-17(2,11-6-9-15(18)19)12-10-13-7-5-8-14(20-3)16(13)21-4/h5,7-8H,6,9-12H2,1-4H3. The van der Waals surface area contributed by atoms with Gasteiger partial charge in [-0.15, -0.1) is 0 Å². The molecule has 0 unspecified atom stereocenters. The molecule has 0 aliphatic carbocycles. The Hall–Kier alpha value is -1.75. The van der Waals surface area contributed by atoms with E-state index in [4.69, 9.17) is 9.47 Å². The Morgan fingerprint density at radius 1 is 1.19 bits per heavy atom. The van der Waals surface area contributed by atoms with Crippen molar-refractivity contribution in [3.63, 3.8) is 0 Å². The van der Waals surface area contributed by atoms with Crippen LogP contribution in [-0.4, -0.2) is 51.9 Å². The van der Waals surface area contributed by atoms with Crippen molar-refractivity contribution in [1.29, 1.82) is 0 Å². The number of carbonyl (C=O) groups is 1. The highest BCUT2D eigenvalue weighted by molar-refractivity contribution is 5.64. The number of carboxylic acid groups (broad SMARTS) is 1. The summed E-state index contributed by atoms with van der Waals surface area (Å²) in [5.74, 6) is 0.524. The second kappa shape index (κ2) is 7.88. The Kier molecular flexibility index (Phi) is 6.49. The first kappa shape index (κ1) is 17.3. The number of quaternary nitrogens is 1. The Morgan fingerprint density at radius 2 is 1.90 bits per heavy atom. The van der Waals surface area contributed by atoms with Crippen LogP contribution in [0.5, 0.6) is 11.5 Å². The molecule has 1 aromatic carbocycles. The van der Waals surface area contributed by atoms with Crippen LogP contribution in [-0.2, 0) is 11.2 Å². The lowest BCUT2D eigenvalue weighted by Gasteiger charge is -2.30. The highest BCUT2D eigenvalue weighted by atomic mass is 16.5. The van der Waals surface area contributed by atoms with Gasteiger partial charge in [-0.1, -0.05) is 12.1 Å².